The van der Waals surface area contributed by atoms with Crippen molar-refractivity contribution in [1.82, 2.24) is 4.57 Å². The maximum Gasteiger partial charge on any atom is 0.123 e. The van der Waals surface area contributed by atoms with Crippen LogP contribution in [0, 0.1) is 5.82 Å². The summed E-state index contributed by atoms with van der Waals surface area (Å²) in [5.41, 5.74) is 9.04. The zero-order chi connectivity index (χ0) is 13.2. The van der Waals surface area contributed by atoms with Crippen LogP contribution in [0.15, 0.2) is 54.7 Å². The standard InChI is InChI=1S/C16H15FN2/c17-15-5-2-12(3-6-15)11-19-8-7-14-4-1-13(10-18)9-16(14)19/h1-9H,10-11,18H2. The molecule has 2 aromatic carbocycles. The summed E-state index contributed by atoms with van der Waals surface area (Å²) in [7, 11) is 0. The Bertz CT molecular complexity index is 698. The van der Waals surface area contributed by atoms with Crippen LogP contribution in [0.2, 0.25) is 0 Å². The first-order valence-corrected chi connectivity index (χ1v) is 6.28. The third-order valence-corrected chi connectivity index (χ3v) is 3.34. The van der Waals surface area contributed by atoms with Crippen molar-refractivity contribution in [3.8, 4) is 0 Å². The molecule has 0 radical (unpaired) electrons. The average Bonchev–Trinajstić information content (AvgIpc) is 2.84. The van der Waals surface area contributed by atoms with Crippen molar-refractivity contribution in [2.75, 3.05) is 0 Å². The fourth-order valence-corrected chi connectivity index (χ4v) is 2.28. The molecular weight excluding hydrogens is 239 g/mol. The van der Waals surface area contributed by atoms with Crippen LogP contribution in [0.1, 0.15) is 11.1 Å². The first-order valence-electron chi connectivity index (χ1n) is 6.28. The number of aromatic nitrogens is 1. The van der Waals surface area contributed by atoms with E-state index >= 15 is 0 Å². The number of rotatable bonds is 3. The van der Waals surface area contributed by atoms with Crippen LogP contribution < -0.4 is 5.73 Å². The Balaban J connectivity index is 1.98. The normalized spacial score (nSPS) is 11.1. The van der Waals surface area contributed by atoms with E-state index in [0.29, 0.717) is 6.54 Å². The molecule has 0 unspecified atom stereocenters. The molecule has 0 bridgehead atoms. The summed E-state index contributed by atoms with van der Waals surface area (Å²) in [6, 6.07) is 14.9. The van der Waals surface area contributed by atoms with Crippen molar-refractivity contribution in [2.45, 2.75) is 13.1 Å². The number of nitrogens with two attached hydrogens (primary N) is 1. The lowest BCUT2D eigenvalue weighted by Crippen LogP contribution is -2.00. The Labute approximate surface area is 111 Å². The highest BCUT2D eigenvalue weighted by molar-refractivity contribution is 5.80. The highest BCUT2D eigenvalue weighted by Gasteiger charge is 2.03. The molecule has 3 rings (SSSR count). The zero-order valence-electron chi connectivity index (χ0n) is 10.5. The van der Waals surface area contributed by atoms with E-state index in [1.54, 1.807) is 0 Å². The van der Waals surface area contributed by atoms with Gasteiger partial charge >= 0.3 is 0 Å². The predicted octanol–water partition coefficient (Wildman–Crippen LogP) is 3.29. The van der Waals surface area contributed by atoms with Crippen LogP contribution in [0.4, 0.5) is 4.39 Å². The summed E-state index contributed by atoms with van der Waals surface area (Å²) in [5, 5.41) is 1.19. The Morgan fingerprint density at radius 3 is 2.42 bits per heavy atom. The van der Waals surface area contributed by atoms with Gasteiger partial charge in [-0.05, 0) is 40.8 Å². The van der Waals surface area contributed by atoms with E-state index in [1.165, 1.54) is 17.5 Å². The maximum atomic E-state index is 12.9. The van der Waals surface area contributed by atoms with Crippen LogP contribution in [0.25, 0.3) is 10.9 Å². The molecule has 3 heteroatoms. The van der Waals surface area contributed by atoms with Crippen LogP contribution in [0.3, 0.4) is 0 Å². The Morgan fingerprint density at radius 2 is 1.68 bits per heavy atom. The van der Waals surface area contributed by atoms with E-state index in [9.17, 15) is 4.39 Å². The molecule has 0 aliphatic rings. The second-order valence-electron chi connectivity index (χ2n) is 4.67. The lowest BCUT2D eigenvalue weighted by Gasteiger charge is -2.07. The zero-order valence-corrected chi connectivity index (χ0v) is 10.5. The van der Waals surface area contributed by atoms with E-state index in [2.05, 4.69) is 22.8 Å². The summed E-state index contributed by atoms with van der Waals surface area (Å²) >= 11 is 0. The second kappa shape index (κ2) is 4.86. The number of halogens is 1. The first kappa shape index (κ1) is 11.9. The minimum absolute atomic E-state index is 0.202. The van der Waals surface area contributed by atoms with Gasteiger partial charge in [-0.1, -0.05) is 24.3 Å². The van der Waals surface area contributed by atoms with Crippen LogP contribution in [0.5, 0.6) is 0 Å². The molecule has 3 aromatic rings. The third kappa shape index (κ3) is 2.37. The van der Waals surface area contributed by atoms with Crippen LogP contribution in [-0.2, 0) is 13.1 Å². The monoisotopic (exact) mass is 254 g/mol. The summed E-state index contributed by atoms with van der Waals surface area (Å²) < 4.78 is 15.1. The molecule has 2 N–H and O–H groups in total. The summed E-state index contributed by atoms with van der Waals surface area (Å²) in [6.45, 7) is 1.27. The lowest BCUT2D eigenvalue weighted by molar-refractivity contribution is 0.626. The highest BCUT2D eigenvalue weighted by atomic mass is 19.1. The quantitative estimate of drug-likeness (QED) is 0.764. The van der Waals surface area contributed by atoms with Gasteiger partial charge in [-0.3, -0.25) is 0 Å². The van der Waals surface area contributed by atoms with Gasteiger partial charge in [0, 0.05) is 24.8 Å². The van der Waals surface area contributed by atoms with Crippen molar-refractivity contribution in [3.63, 3.8) is 0 Å². The minimum atomic E-state index is -0.202. The summed E-state index contributed by atoms with van der Waals surface area (Å²) in [5.74, 6) is -0.202. The molecule has 0 fully saturated rings. The molecule has 0 atom stereocenters. The van der Waals surface area contributed by atoms with Crippen LogP contribution >= 0.6 is 0 Å². The molecule has 0 spiro atoms. The van der Waals surface area contributed by atoms with Crippen molar-refractivity contribution in [3.05, 3.63) is 71.7 Å². The van der Waals surface area contributed by atoms with E-state index in [4.69, 9.17) is 5.73 Å². The number of fused-ring (bicyclic) bond motifs is 1. The number of hydrogen-bond donors (Lipinski definition) is 1. The molecule has 0 saturated carbocycles. The Hall–Kier alpha value is -2.13. The van der Waals surface area contributed by atoms with Crippen LogP contribution in [-0.4, -0.2) is 4.57 Å². The topological polar surface area (TPSA) is 30.9 Å². The van der Waals surface area contributed by atoms with Gasteiger partial charge < -0.3 is 10.3 Å². The predicted molar refractivity (Wildman–Crippen MR) is 75.3 cm³/mol. The molecule has 0 amide bonds. The molecular formula is C16H15FN2. The molecule has 2 nitrogen and oxygen atoms in total. The highest BCUT2D eigenvalue weighted by Crippen LogP contribution is 2.19. The van der Waals surface area contributed by atoms with Gasteiger partial charge in [-0.2, -0.15) is 0 Å². The van der Waals surface area contributed by atoms with Gasteiger partial charge in [0.2, 0.25) is 0 Å². The Kier molecular flexibility index (Phi) is 3.05. The molecule has 19 heavy (non-hydrogen) atoms. The van der Waals surface area contributed by atoms with Gasteiger partial charge in [0.1, 0.15) is 5.82 Å². The van der Waals surface area contributed by atoms with Crippen molar-refractivity contribution in [1.29, 1.82) is 0 Å². The van der Waals surface area contributed by atoms with Crippen molar-refractivity contribution in [2.24, 2.45) is 5.73 Å². The summed E-state index contributed by atoms with van der Waals surface area (Å²) in [4.78, 5) is 0. The number of benzene rings is 2. The molecule has 0 saturated heterocycles. The average molecular weight is 254 g/mol. The molecule has 1 aromatic heterocycles. The minimum Gasteiger partial charge on any atom is -0.343 e. The molecule has 0 aliphatic heterocycles. The van der Waals surface area contributed by atoms with Gasteiger partial charge in [-0.25, -0.2) is 4.39 Å². The van der Waals surface area contributed by atoms with E-state index in [0.717, 1.165) is 23.2 Å². The smallest absolute Gasteiger partial charge is 0.123 e. The lowest BCUT2D eigenvalue weighted by atomic mass is 10.1. The van der Waals surface area contributed by atoms with Gasteiger partial charge in [0.05, 0.1) is 0 Å². The van der Waals surface area contributed by atoms with E-state index < -0.39 is 0 Å². The second-order valence-corrected chi connectivity index (χ2v) is 4.67. The van der Waals surface area contributed by atoms with Crippen molar-refractivity contribution >= 4 is 10.9 Å². The largest absolute Gasteiger partial charge is 0.343 e. The van der Waals surface area contributed by atoms with Gasteiger partial charge in [-0.15, -0.1) is 0 Å². The summed E-state index contributed by atoms with van der Waals surface area (Å²) in [6.07, 6.45) is 2.05. The van der Waals surface area contributed by atoms with Gasteiger partial charge in [0.25, 0.3) is 0 Å². The molecule has 0 aliphatic carbocycles. The van der Waals surface area contributed by atoms with E-state index in [-0.39, 0.29) is 5.82 Å². The van der Waals surface area contributed by atoms with Gasteiger partial charge in [0.15, 0.2) is 0 Å². The molecule has 96 valence electrons. The van der Waals surface area contributed by atoms with E-state index in [1.807, 2.05) is 24.4 Å². The fraction of sp³-hybridized carbons (Fsp3) is 0.125. The number of hydrogen-bond acceptors (Lipinski definition) is 1. The SMILES string of the molecule is NCc1ccc2ccn(Cc3ccc(F)cc3)c2c1. The molecule has 1 heterocycles. The first-order chi connectivity index (χ1) is 9.26. The van der Waals surface area contributed by atoms with Crippen molar-refractivity contribution < 1.29 is 4.39 Å². The Morgan fingerprint density at radius 1 is 0.947 bits per heavy atom. The maximum absolute atomic E-state index is 12.9. The third-order valence-electron chi connectivity index (χ3n) is 3.34. The fourth-order valence-electron chi connectivity index (χ4n) is 2.28. The number of nitrogens with zero attached hydrogens (tertiary/aromatic N) is 1.